The Morgan fingerprint density at radius 1 is 1.44 bits per heavy atom. The number of thioether (sulfide) groups is 1. The largest absolute Gasteiger partial charge is 0.340 e. The van der Waals surface area contributed by atoms with Crippen LogP contribution in [0.1, 0.15) is 20.3 Å². The summed E-state index contributed by atoms with van der Waals surface area (Å²) >= 11 is 1.95. The zero-order chi connectivity index (χ0) is 13.2. The second-order valence-electron chi connectivity index (χ2n) is 5.98. The lowest BCUT2D eigenvalue weighted by molar-refractivity contribution is -0.136. The average molecular weight is 271 g/mol. The Kier molecular flexibility index (Phi) is 4.56. The van der Waals surface area contributed by atoms with Gasteiger partial charge in [-0.2, -0.15) is 11.8 Å². The van der Waals surface area contributed by atoms with Gasteiger partial charge in [0.05, 0.1) is 0 Å². The van der Waals surface area contributed by atoms with Crippen molar-refractivity contribution in [3.63, 3.8) is 0 Å². The molecule has 104 valence electrons. The molecule has 0 aromatic carbocycles. The number of hydrogen-bond donors (Lipinski definition) is 1. The SMILES string of the molecule is CN1CCN(C(=O)CC2CSCCN2)CC1(C)C. The lowest BCUT2D eigenvalue weighted by Gasteiger charge is -2.45. The Balaban J connectivity index is 1.85. The molecule has 2 saturated heterocycles. The van der Waals surface area contributed by atoms with Gasteiger partial charge in [-0.3, -0.25) is 9.69 Å². The molecule has 0 aromatic rings. The molecule has 18 heavy (non-hydrogen) atoms. The number of piperazine rings is 1. The van der Waals surface area contributed by atoms with Crippen LogP contribution in [0, 0.1) is 0 Å². The summed E-state index contributed by atoms with van der Waals surface area (Å²) in [6, 6.07) is 0.374. The summed E-state index contributed by atoms with van der Waals surface area (Å²) in [5.41, 5.74) is 0.0999. The van der Waals surface area contributed by atoms with Gasteiger partial charge in [-0.15, -0.1) is 0 Å². The normalized spacial score (nSPS) is 29.3. The Bertz CT molecular complexity index is 303. The number of carbonyl (C=O) groups is 1. The number of nitrogens with one attached hydrogen (secondary N) is 1. The molecule has 2 fully saturated rings. The fourth-order valence-corrected chi connectivity index (χ4v) is 3.49. The Morgan fingerprint density at radius 2 is 2.22 bits per heavy atom. The highest BCUT2D eigenvalue weighted by Crippen LogP contribution is 2.20. The first kappa shape index (κ1) is 14.2. The van der Waals surface area contributed by atoms with Crippen molar-refractivity contribution in [3.8, 4) is 0 Å². The van der Waals surface area contributed by atoms with E-state index in [2.05, 4.69) is 31.1 Å². The summed E-state index contributed by atoms with van der Waals surface area (Å²) in [7, 11) is 2.14. The monoisotopic (exact) mass is 271 g/mol. The van der Waals surface area contributed by atoms with E-state index in [1.807, 2.05) is 16.7 Å². The third-order valence-corrected chi connectivity index (χ3v) is 5.22. The fraction of sp³-hybridized carbons (Fsp3) is 0.923. The first-order chi connectivity index (χ1) is 8.49. The van der Waals surface area contributed by atoms with Gasteiger partial charge in [-0.1, -0.05) is 0 Å². The molecule has 1 amide bonds. The number of rotatable bonds is 2. The van der Waals surface area contributed by atoms with Gasteiger partial charge >= 0.3 is 0 Å². The quantitative estimate of drug-likeness (QED) is 0.799. The van der Waals surface area contributed by atoms with Crippen molar-refractivity contribution in [2.24, 2.45) is 0 Å². The van der Waals surface area contributed by atoms with Crippen LogP contribution in [0.4, 0.5) is 0 Å². The first-order valence-electron chi connectivity index (χ1n) is 6.79. The second-order valence-corrected chi connectivity index (χ2v) is 7.13. The Hall–Kier alpha value is -0.260. The summed E-state index contributed by atoms with van der Waals surface area (Å²) < 4.78 is 0. The van der Waals surface area contributed by atoms with Crippen molar-refractivity contribution in [1.82, 2.24) is 15.1 Å². The third-order valence-electron chi connectivity index (χ3n) is 4.09. The van der Waals surface area contributed by atoms with E-state index in [1.165, 1.54) is 5.75 Å². The minimum absolute atomic E-state index is 0.0999. The minimum Gasteiger partial charge on any atom is -0.340 e. The van der Waals surface area contributed by atoms with E-state index in [1.54, 1.807) is 0 Å². The van der Waals surface area contributed by atoms with Crippen LogP contribution < -0.4 is 5.32 Å². The van der Waals surface area contributed by atoms with Gasteiger partial charge < -0.3 is 10.2 Å². The first-order valence-corrected chi connectivity index (χ1v) is 7.95. The van der Waals surface area contributed by atoms with E-state index in [-0.39, 0.29) is 5.54 Å². The number of hydrogen-bond acceptors (Lipinski definition) is 4. The van der Waals surface area contributed by atoms with Crippen molar-refractivity contribution in [3.05, 3.63) is 0 Å². The van der Waals surface area contributed by atoms with E-state index >= 15 is 0 Å². The number of carbonyl (C=O) groups excluding carboxylic acids is 1. The van der Waals surface area contributed by atoms with Crippen molar-refractivity contribution in [1.29, 1.82) is 0 Å². The zero-order valence-electron chi connectivity index (χ0n) is 11.7. The molecular formula is C13H25N3OS. The van der Waals surface area contributed by atoms with Crippen LogP contribution in [-0.2, 0) is 4.79 Å². The van der Waals surface area contributed by atoms with Gasteiger partial charge in [-0.05, 0) is 20.9 Å². The summed E-state index contributed by atoms with van der Waals surface area (Å²) in [4.78, 5) is 16.7. The standard InChI is InChI=1S/C13H25N3OS/c1-13(2)10-16(6-5-15(13)3)12(17)8-11-9-18-7-4-14-11/h11,14H,4-10H2,1-3H3. The highest BCUT2D eigenvalue weighted by molar-refractivity contribution is 7.99. The van der Waals surface area contributed by atoms with E-state index < -0.39 is 0 Å². The fourth-order valence-electron chi connectivity index (χ4n) is 2.54. The molecule has 2 aliphatic heterocycles. The molecule has 1 N–H and O–H groups in total. The van der Waals surface area contributed by atoms with Crippen LogP contribution in [0.3, 0.4) is 0 Å². The molecule has 4 nitrogen and oxygen atoms in total. The van der Waals surface area contributed by atoms with Crippen molar-refractivity contribution < 1.29 is 4.79 Å². The lowest BCUT2D eigenvalue weighted by Crippen LogP contribution is -2.59. The molecule has 0 bridgehead atoms. The summed E-state index contributed by atoms with van der Waals surface area (Å²) in [5.74, 6) is 2.56. The van der Waals surface area contributed by atoms with Gasteiger partial charge in [0.1, 0.15) is 0 Å². The van der Waals surface area contributed by atoms with Crippen LogP contribution in [0.25, 0.3) is 0 Å². The minimum atomic E-state index is 0.0999. The van der Waals surface area contributed by atoms with Crippen LogP contribution in [-0.4, -0.2) is 72.0 Å². The van der Waals surface area contributed by atoms with Gasteiger partial charge in [-0.25, -0.2) is 0 Å². The Morgan fingerprint density at radius 3 is 2.83 bits per heavy atom. The zero-order valence-corrected chi connectivity index (χ0v) is 12.6. The van der Waals surface area contributed by atoms with Crippen molar-refractivity contribution >= 4 is 17.7 Å². The molecule has 5 heteroatoms. The molecule has 0 radical (unpaired) electrons. The molecule has 1 atom stereocenters. The summed E-state index contributed by atoms with van der Waals surface area (Å²) in [6.07, 6.45) is 0.660. The molecule has 2 aliphatic rings. The number of amides is 1. The van der Waals surface area contributed by atoms with Gasteiger partial charge in [0.2, 0.25) is 5.91 Å². The third kappa shape index (κ3) is 3.39. The highest BCUT2D eigenvalue weighted by atomic mass is 32.2. The van der Waals surface area contributed by atoms with Crippen LogP contribution in [0.2, 0.25) is 0 Å². The molecule has 2 heterocycles. The molecule has 1 unspecified atom stereocenters. The topological polar surface area (TPSA) is 35.6 Å². The van der Waals surface area contributed by atoms with Crippen LogP contribution in [0.15, 0.2) is 0 Å². The Labute approximate surface area is 114 Å². The second kappa shape index (κ2) is 5.80. The van der Waals surface area contributed by atoms with E-state index in [0.29, 0.717) is 18.4 Å². The maximum atomic E-state index is 12.3. The van der Waals surface area contributed by atoms with Gasteiger partial charge in [0.15, 0.2) is 0 Å². The van der Waals surface area contributed by atoms with Crippen molar-refractivity contribution in [2.75, 3.05) is 44.7 Å². The van der Waals surface area contributed by atoms with E-state index in [9.17, 15) is 4.79 Å². The van der Waals surface area contributed by atoms with Crippen LogP contribution in [0.5, 0.6) is 0 Å². The van der Waals surface area contributed by atoms with E-state index in [0.717, 1.165) is 31.9 Å². The number of likely N-dealkylation sites (N-methyl/N-ethyl adjacent to an activating group) is 1. The average Bonchev–Trinajstić information content (AvgIpc) is 2.34. The summed E-state index contributed by atoms with van der Waals surface area (Å²) in [5, 5.41) is 3.44. The predicted molar refractivity (Wildman–Crippen MR) is 77.0 cm³/mol. The highest BCUT2D eigenvalue weighted by Gasteiger charge is 2.33. The van der Waals surface area contributed by atoms with Crippen LogP contribution >= 0.6 is 11.8 Å². The summed E-state index contributed by atoms with van der Waals surface area (Å²) in [6.45, 7) is 8.16. The molecule has 0 spiro atoms. The predicted octanol–water partition coefficient (Wildman–Crippen LogP) is 0.634. The molecule has 0 aromatic heterocycles. The maximum Gasteiger partial charge on any atom is 0.224 e. The molecule has 0 aliphatic carbocycles. The van der Waals surface area contributed by atoms with Crippen molar-refractivity contribution in [2.45, 2.75) is 31.8 Å². The van der Waals surface area contributed by atoms with Gasteiger partial charge in [0, 0.05) is 55.7 Å². The molecular weight excluding hydrogens is 246 g/mol. The maximum absolute atomic E-state index is 12.3. The number of nitrogens with zero attached hydrogens (tertiary/aromatic N) is 2. The van der Waals surface area contributed by atoms with Gasteiger partial charge in [0.25, 0.3) is 0 Å². The van der Waals surface area contributed by atoms with E-state index in [4.69, 9.17) is 0 Å². The lowest BCUT2D eigenvalue weighted by atomic mass is 9.99. The molecule has 2 rings (SSSR count). The smallest absolute Gasteiger partial charge is 0.224 e. The molecule has 0 saturated carbocycles.